The number of hydrogen-bond donors (Lipinski definition) is 0. The van der Waals surface area contributed by atoms with E-state index in [2.05, 4.69) is 42.2 Å². The second-order valence-electron chi connectivity index (χ2n) is 8.25. The third-order valence-electron chi connectivity index (χ3n) is 6.42. The maximum atomic E-state index is 13.1. The van der Waals surface area contributed by atoms with Gasteiger partial charge in [0.05, 0.1) is 0 Å². The number of carbonyl (C=O) groups is 1. The molecule has 1 aliphatic heterocycles. The minimum Gasteiger partial charge on any atom is -0.342 e. The Balaban J connectivity index is 1.56. The van der Waals surface area contributed by atoms with E-state index < -0.39 is 0 Å². The minimum absolute atomic E-state index is 0.299. The lowest BCUT2D eigenvalue weighted by Crippen LogP contribution is -2.39. The van der Waals surface area contributed by atoms with Crippen molar-refractivity contribution in [3.05, 3.63) is 35.9 Å². The Hall–Kier alpha value is -1.31. The number of amides is 1. The summed E-state index contributed by atoms with van der Waals surface area (Å²) in [6, 6.07) is 10.8. The van der Waals surface area contributed by atoms with Gasteiger partial charge < -0.3 is 4.90 Å². The number of rotatable bonds is 5. The lowest BCUT2D eigenvalue weighted by molar-refractivity contribution is -0.137. The Bertz CT molecular complexity index is 518. The summed E-state index contributed by atoms with van der Waals surface area (Å²) in [6.45, 7) is 4.17. The highest BCUT2D eigenvalue weighted by molar-refractivity contribution is 5.79. The van der Waals surface area contributed by atoms with Crippen LogP contribution in [-0.2, 0) is 4.79 Å². The largest absolute Gasteiger partial charge is 0.342 e. The molecule has 1 unspecified atom stereocenters. The van der Waals surface area contributed by atoms with Gasteiger partial charge in [-0.3, -0.25) is 4.79 Å². The summed E-state index contributed by atoms with van der Waals surface area (Å²) >= 11 is 0. The van der Waals surface area contributed by atoms with Gasteiger partial charge >= 0.3 is 0 Å². The van der Waals surface area contributed by atoms with Gasteiger partial charge in [-0.1, -0.05) is 62.9 Å². The topological polar surface area (TPSA) is 20.3 Å². The zero-order chi connectivity index (χ0) is 17.5. The normalized spacial score (nSPS) is 27.7. The molecule has 2 heteroatoms. The first-order valence-electron chi connectivity index (χ1n) is 10.6. The molecule has 1 heterocycles. The van der Waals surface area contributed by atoms with E-state index in [9.17, 15) is 4.79 Å². The van der Waals surface area contributed by atoms with Crippen molar-refractivity contribution < 1.29 is 4.79 Å². The Morgan fingerprint density at radius 2 is 1.80 bits per heavy atom. The zero-order valence-electron chi connectivity index (χ0n) is 16.0. The molecule has 0 N–H and O–H groups in total. The van der Waals surface area contributed by atoms with Gasteiger partial charge in [-0.05, 0) is 50.0 Å². The summed E-state index contributed by atoms with van der Waals surface area (Å²) in [5.74, 6) is 2.16. The molecular formula is C23H35NO. The molecule has 1 aromatic rings. The van der Waals surface area contributed by atoms with Crippen LogP contribution in [0.4, 0.5) is 0 Å². The molecule has 138 valence electrons. The summed E-state index contributed by atoms with van der Waals surface area (Å²) in [6.07, 6.45) is 12.4. The van der Waals surface area contributed by atoms with Crippen molar-refractivity contribution in [3.8, 4) is 0 Å². The number of carbonyl (C=O) groups excluding carboxylic acids is 1. The van der Waals surface area contributed by atoms with Gasteiger partial charge in [0.15, 0.2) is 0 Å². The third kappa shape index (κ3) is 5.09. The number of benzene rings is 1. The van der Waals surface area contributed by atoms with E-state index in [1.54, 1.807) is 0 Å². The van der Waals surface area contributed by atoms with Crippen molar-refractivity contribution in [2.75, 3.05) is 13.1 Å². The molecule has 1 aliphatic carbocycles. The molecule has 1 atom stereocenters. The third-order valence-corrected chi connectivity index (χ3v) is 6.42. The van der Waals surface area contributed by atoms with Crippen LogP contribution in [-0.4, -0.2) is 23.9 Å². The molecule has 3 rings (SSSR count). The number of likely N-dealkylation sites (tertiary alicyclic amines) is 1. The van der Waals surface area contributed by atoms with Gasteiger partial charge in [-0.25, -0.2) is 0 Å². The van der Waals surface area contributed by atoms with E-state index in [0.717, 1.165) is 31.8 Å². The van der Waals surface area contributed by atoms with Crippen LogP contribution >= 0.6 is 0 Å². The fraction of sp³-hybridized carbons (Fsp3) is 0.696. The molecule has 0 bridgehead atoms. The second kappa shape index (κ2) is 9.40. The molecule has 25 heavy (non-hydrogen) atoms. The Morgan fingerprint density at radius 3 is 2.52 bits per heavy atom. The van der Waals surface area contributed by atoms with Crippen molar-refractivity contribution >= 4 is 5.91 Å². The van der Waals surface area contributed by atoms with Gasteiger partial charge in [0.1, 0.15) is 0 Å². The lowest BCUT2D eigenvalue weighted by atomic mass is 9.79. The molecule has 0 aromatic heterocycles. The smallest absolute Gasteiger partial charge is 0.225 e. The molecule has 1 aromatic carbocycles. The van der Waals surface area contributed by atoms with E-state index in [4.69, 9.17) is 0 Å². The van der Waals surface area contributed by atoms with E-state index in [1.807, 2.05) is 0 Å². The minimum atomic E-state index is 0.299. The lowest BCUT2D eigenvalue weighted by Gasteiger charge is -2.33. The van der Waals surface area contributed by atoms with E-state index in [-0.39, 0.29) is 0 Å². The molecule has 2 nitrogen and oxygen atoms in total. The van der Waals surface area contributed by atoms with Crippen LogP contribution in [0.5, 0.6) is 0 Å². The monoisotopic (exact) mass is 341 g/mol. The molecular weight excluding hydrogens is 306 g/mol. The van der Waals surface area contributed by atoms with Crippen LogP contribution in [0.1, 0.15) is 82.6 Å². The first kappa shape index (κ1) is 18.5. The molecule has 0 radical (unpaired) electrons. The highest BCUT2D eigenvalue weighted by atomic mass is 16.2. The summed E-state index contributed by atoms with van der Waals surface area (Å²) in [7, 11) is 0. The number of hydrogen-bond acceptors (Lipinski definition) is 1. The van der Waals surface area contributed by atoms with E-state index in [0.29, 0.717) is 17.7 Å². The fourth-order valence-electron chi connectivity index (χ4n) is 4.79. The van der Waals surface area contributed by atoms with Crippen LogP contribution in [0.15, 0.2) is 30.3 Å². The van der Waals surface area contributed by atoms with Crippen LogP contribution < -0.4 is 0 Å². The highest BCUT2D eigenvalue weighted by Crippen LogP contribution is 2.34. The van der Waals surface area contributed by atoms with Gasteiger partial charge in [-0.15, -0.1) is 0 Å². The summed E-state index contributed by atoms with van der Waals surface area (Å²) in [4.78, 5) is 15.3. The molecule has 1 amide bonds. The highest BCUT2D eigenvalue weighted by Gasteiger charge is 2.31. The van der Waals surface area contributed by atoms with Gasteiger partial charge in [0.25, 0.3) is 0 Å². The molecule has 2 fully saturated rings. The number of nitrogens with zero attached hydrogens (tertiary/aromatic N) is 1. The number of unbranched alkanes of at least 4 members (excludes halogenated alkanes) is 1. The SMILES string of the molecule is CCCCC1CCC(C(=O)N2CCCCC(c3ccccc3)C2)CC1. The average molecular weight is 342 g/mol. The first-order chi connectivity index (χ1) is 12.3. The Labute approximate surface area is 154 Å². The van der Waals surface area contributed by atoms with Crippen LogP contribution in [0.3, 0.4) is 0 Å². The van der Waals surface area contributed by atoms with Crippen molar-refractivity contribution in [1.29, 1.82) is 0 Å². The Kier molecular flexibility index (Phi) is 6.95. The molecule has 1 saturated heterocycles. The summed E-state index contributed by atoms with van der Waals surface area (Å²) in [5.41, 5.74) is 1.41. The van der Waals surface area contributed by atoms with Crippen LogP contribution in [0.2, 0.25) is 0 Å². The van der Waals surface area contributed by atoms with Crippen LogP contribution in [0, 0.1) is 11.8 Å². The summed E-state index contributed by atoms with van der Waals surface area (Å²) < 4.78 is 0. The van der Waals surface area contributed by atoms with Gasteiger partial charge in [0.2, 0.25) is 5.91 Å². The van der Waals surface area contributed by atoms with Crippen molar-refractivity contribution in [2.24, 2.45) is 11.8 Å². The summed E-state index contributed by atoms with van der Waals surface area (Å²) in [5, 5.41) is 0. The predicted octanol–water partition coefficient (Wildman–Crippen LogP) is 5.78. The van der Waals surface area contributed by atoms with Crippen molar-refractivity contribution in [3.63, 3.8) is 0 Å². The van der Waals surface area contributed by atoms with E-state index >= 15 is 0 Å². The predicted molar refractivity (Wildman–Crippen MR) is 105 cm³/mol. The molecule has 1 saturated carbocycles. The molecule has 0 spiro atoms. The fourth-order valence-corrected chi connectivity index (χ4v) is 4.79. The quantitative estimate of drug-likeness (QED) is 0.665. The van der Waals surface area contributed by atoms with Gasteiger partial charge in [-0.2, -0.15) is 0 Å². The van der Waals surface area contributed by atoms with Crippen molar-refractivity contribution in [1.82, 2.24) is 4.90 Å². The van der Waals surface area contributed by atoms with Gasteiger partial charge in [0, 0.05) is 24.9 Å². The average Bonchev–Trinajstić information content (AvgIpc) is 2.93. The van der Waals surface area contributed by atoms with E-state index in [1.165, 1.54) is 56.9 Å². The first-order valence-corrected chi connectivity index (χ1v) is 10.6. The Morgan fingerprint density at radius 1 is 1.04 bits per heavy atom. The second-order valence-corrected chi connectivity index (χ2v) is 8.25. The zero-order valence-corrected chi connectivity index (χ0v) is 16.0. The van der Waals surface area contributed by atoms with Crippen LogP contribution in [0.25, 0.3) is 0 Å². The maximum absolute atomic E-state index is 13.1. The molecule has 2 aliphatic rings. The van der Waals surface area contributed by atoms with Crippen molar-refractivity contribution in [2.45, 2.75) is 77.0 Å². The maximum Gasteiger partial charge on any atom is 0.225 e. The standard InChI is InChI=1S/C23H35NO/c1-2-3-9-19-13-15-21(16-14-19)23(25)24-17-8-7-12-22(18-24)20-10-5-4-6-11-20/h4-6,10-11,19,21-22H,2-3,7-9,12-18H2,1H3.